The highest BCUT2D eigenvalue weighted by atomic mass is 32.2. The maximum atomic E-state index is 12.7. The Balaban J connectivity index is 5.17. The summed E-state index contributed by atoms with van der Waals surface area (Å²) in [7, 11) is 0. The molecule has 0 saturated carbocycles. The van der Waals surface area contributed by atoms with E-state index in [-0.39, 0.29) is 31.8 Å². The third-order valence-electron chi connectivity index (χ3n) is 4.29. The van der Waals surface area contributed by atoms with Gasteiger partial charge in [-0.3, -0.25) is 24.2 Å². The Morgan fingerprint density at radius 1 is 0.939 bits per heavy atom. The van der Waals surface area contributed by atoms with Crippen LogP contribution in [0.3, 0.4) is 0 Å². The SMILES string of the molecule is CSCCC(NC(=O)C(C)NC(=O)C(CCCN=C(N)N)NC(=O)C(N)CC(=O)O)C(=O)O. The van der Waals surface area contributed by atoms with Crippen LogP contribution in [-0.2, 0) is 24.0 Å². The van der Waals surface area contributed by atoms with Crippen molar-refractivity contribution in [3.05, 3.63) is 0 Å². The lowest BCUT2D eigenvalue weighted by molar-refractivity contribution is -0.142. The summed E-state index contributed by atoms with van der Waals surface area (Å²) in [5.41, 5.74) is 16.0. The third-order valence-corrected chi connectivity index (χ3v) is 4.93. The van der Waals surface area contributed by atoms with Gasteiger partial charge < -0.3 is 43.4 Å². The van der Waals surface area contributed by atoms with Gasteiger partial charge in [-0.2, -0.15) is 11.8 Å². The second-order valence-corrected chi connectivity index (χ2v) is 8.11. The summed E-state index contributed by atoms with van der Waals surface area (Å²) in [5, 5.41) is 25.1. The van der Waals surface area contributed by atoms with Crippen molar-refractivity contribution in [2.75, 3.05) is 18.6 Å². The maximum Gasteiger partial charge on any atom is 0.326 e. The second kappa shape index (κ2) is 15.7. The van der Waals surface area contributed by atoms with E-state index >= 15 is 0 Å². The number of carbonyl (C=O) groups excluding carboxylic acids is 3. The maximum absolute atomic E-state index is 12.7. The fourth-order valence-corrected chi connectivity index (χ4v) is 2.97. The molecule has 0 aliphatic rings. The molecule has 11 N–H and O–H groups in total. The number of carboxylic acids is 2. The van der Waals surface area contributed by atoms with E-state index < -0.39 is 60.2 Å². The monoisotopic (exact) mass is 491 g/mol. The zero-order valence-corrected chi connectivity index (χ0v) is 19.4. The summed E-state index contributed by atoms with van der Waals surface area (Å²) in [6.45, 7) is 1.52. The summed E-state index contributed by atoms with van der Waals surface area (Å²) in [5.74, 6) is -4.44. The molecule has 4 unspecified atom stereocenters. The number of nitrogens with zero attached hydrogens (tertiary/aromatic N) is 1. The van der Waals surface area contributed by atoms with Crippen LogP contribution < -0.4 is 33.2 Å². The second-order valence-electron chi connectivity index (χ2n) is 7.13. The van der Waals surface area contributed by atoms with Gasteiger partial charge in [-0.25, -0.2) is 4.79 Å². The summed E-state index contributed by atoms with van der Waals surface area (Å²) >= 11 is 1.42. The fourth-order valence-electron chi connectivity index (χ4n) is 2.50. The molecule has 188 valence electrons. The fraction of sp³-hybridized carbons (Fsp3) is 0.667. The van der Waals surface area contributed by atoms with Gasteiger partial charge in [0.25, 0.3) is 0 Å². The van der Waals surface area contributed by atoms with Crippen LogP contribution in [0.5, 0.6) is 0 Å². The van der Waals surface area contributed by atoms with E-state index in [1.807, 2.05) is 0 Å². The van der Waals surface area contributed by atoms with E-state index in [1.165, 1.54) is 18.7 Å². The van der Waals surface area contributed by atoms with Gasteiger partial charge in [-0.15, -0.1) is 0 Å². The molecule has 0 aromatic heterocycles. The van der Waals surface area contributed by atoms with Gasteiger partial charge in [-0.1, -0.05) is 0 Å². The molecule has 0 aliphatic carbocycles. The predicted octanol–water partition coefficient (Wildman–Crippen LogP) is -2.85. The summed E-state index contributed by atoms with van der Waals surface area (Å²) in [4.78, 5) is 63.1. The highest BCUT2D eigenvalue weighted by molar-refractivity contribution is 7.98. The Labute approximate surface area is 195 Å². The molecule has 0 radical (unpaired) electrons. The number of hydrogen-bond donors (Lipinski definition) is 8. The number of thioether (sulfide) groups is 1. The third kappa shape index (κ3) is 13.2. The normalized spacial score (nSPS) is 14.2. The van der Waals surface area contributed by atoms with Gasteiger partial charge in [0.05, 0.1) is 12.5 Å². The van der Waals surface area contributed by atoms with Crippen molar-refractivity contribution < 1.29 is 34.2 Å². The van der Waals surface area contributed by atoms with E-state index in [1.54, 1.807) is 6.26 Å². The molecule has 0 aromatic carbocycles. The van der Waals surface area contributed by atoms with Crippen LogP contribution in [0, 0.1) is 0 Å². The van der Waals surface area contributed by atoms with Crippen molar-refractivity contribution in [3.8, 4) is 0 Å². The standard InChI is InChI=1S/C18H33N7O7S/c1-9(14(28)25-12(17(31)32)5-7-33-2)23-16(30)11(4-3-6-22-18(20)21)24-15(29)10(19)8-13(26)27/h9-12H,3-8,19H2,1-2H3,(H,23,30)(H,24,29)(H,25,28)(H,26,27)(H,31,32)(H4,20,21,22). The average Bonchev–Trinajstić information content (AvgIpc) is 2.71. The van der Waals surface area contributed by atoms with Crippen LogP contribution in [0.2, 0.25) is 0 Å². The smallest absolute Gasteiger partial charge is 0.326 e. The molecule has 0 spiro atoms. The first-order valence-corrected chi connectivity index (χ1v) is 11.4. The number of guanidine groups is 1. The van der Waals surface area contributed by atoms with Crippen LogP contribution in [0.1, 0.15) is 32.6 Å². The molecule has 0 fully saturated rings. The first-order chi connectivity index (χ1) is 15.4. The van der Waals surface area contributed by atoms with Crippen molar-refractivity contribution in [1.29, 1.82) is 0 Å². The topological polar surface area (TPSA) is 252 Å². The van der Waals surface area contributed by atoms with E-state index in [2.05, 4.69) is 20.9 Å². The molecule has 0 saturated heterocycles. The van der Waals surface area contributed by atoms with Gasteiger partial charge in [0.15, 0.2) is 5.96 Å². The van der Waals surface area contributed by atoms with E-state index in [4.69, 9.17) is 22.3 Å². The Morgan fingerprint density at radius 2 is 1.55 bits per heavy atom. The molecular weight excluding hydrogens is 458 g/mol. The first kappa shape index (κ1) is 29.9. The van der Waals surface area contributed by atoms with Crippen molar-refractivity contribution in [2.45, 2.75) is 56.8 Å². The van der Waals surface area contributed by atoms with Gasteiger partial charge in [0.2, 0.25) is 17.7 Å². The number of rotatable bonds is 16. The van der Waals surface area contributed by atoms with Crippen molar-refractivity contribution in [3.63, 3.8) is 0 Å². The molecule has 3 amide bonds. The zero-order chi connectivity index (χ0) is 25.6. The molecule has 0 aromatic rings. The molecule has 0 aliphatic heterocycles. The first-order valence-electron chi connectivity index (χ1n) is 10.0. The molecule has 0 bridgehead atoms. The Bertz CT molecular complexity index is 731. The number of aliphatic carboxylic acids is 2. The van der Waals surface area contributed by atoms with Crippen LogP contribution in [-0.4, -0.2) is 88.6 Å². The number of nitrogens with one attached hydrogen (secondary N) is 3. The van der Waals surface area contributed by atoms with E-state index in [0.29, 0.717) is 5.75 Å². The minimum Gasteiger partial charge on any atom is -0.481 e. The average molecular weight is 492 g/mol. The van der Waals surface area contributed by atoms with Gasteiger partial charge >= 0.3 is 11.9 Å². The quantitative estimate of drug-likeness (QED) is 0.0619. The van der Waals surface area contributed by atoms with E-state index in [0.717, 1.165) is 0 Å². The lowest BCUT2D eigenvalue weighted by Crippen LogP contribution is -2.56. The predicted molar refractivity (Wildman–Crippen MR) is 122 cm³/mol. The summed E-state index contributed by atoms with van der Waals surface area (Å²) in [6.07, 6.45) is 1.70. The largest absolute Gasteiger partial charge is 0.481 e. The molecule has 33 heavy (non-hydrogen) atoms. The summed E-state index contributed by atoms with van der Waals surface area (Å²) < 4.78 is 0. The molecular formula is C18H33N7O7S. The minimum atomic E-state index is -1.39. The van der Waals surface area contributed by atoms with Crippen molar-refractivity contribution in [2.24, 2.45) is 22.2 Å². The van der Waals surface area contributed by atoms with Gasteiger partial charge in [0.1, 0.15) is 18.1 Å². The lowest BCUT2D eigenvalue weighted by atomic mass is 10.1. The number of amides is 3. The van der Waals surface area contributed by atoms with Crippen molar-refractivity contribution in [1.82, 2.24) is 16.0 Å². The number of hydrogen-bond acceptors (Lipinski definition) is 8. The van der Waals surface area contributed by atoms with E-state index in [9.17, 15) is 29.1 Å². The Kier molecular flexibility index (Phi) is 14.2. The summed E-state index contributed by atoms with van der Waals surface area (Å²) in [6, 6.07) is -4.77. The molecule has 14 nitrogen and oxygen atoms in total. The van der Waals surface area contributed by atoms with Gasteiger partial charge in [-0.05, 0) is 38.2 Å². The van der Waals surface area contributed by atoms with Crippen LogP contribution >= 0.6 is 11.8 Å². The zero-order valence-electron chi connectivity index (χ0n) is 18.6. The van der Waals surface area contributed by atoms with Crippen molar-refractivity contribution >= 4 is 47.4 Å². The molecule has 0 heterocycles. The highest BCUT2D eigenvalue weighted by Gasteiger charge is 2.28. The van der Waals surface area contributed by atoms with Crippen LogP contribution in [0.4, 0.5) is 0 Å². The number of nitrogens with two attached hydrogens (primary N) is 3. The van der Waals surface area contributed by atoms with Crippen LogP contribution in [0.15, 0.2) is 4.99 Å². The molecule has 0 rings (SSSR count). The number of aliphatic imine (C=N–C) groups is 1. The Morgan fingerprint density at radius 3 is 2.06 bits per heavy atom. The Hall–Kier alpha value is -3.07. The lowest BCUT2D eigenvalue weighted by Gasteiger charge is -2.23. The van der Waals surface area contributed by atoms with Crippen LogP contribution in [0.25, 0.3) is 0 Å². The molecule has 4 atom stereocenters. The van der Waals surface area contributed by atoms with Gasteiger partial charge in [0, 0.05) is 6.54 Å². The molecule has 15 heteroatoms. The number of carboxylic acid groups (broad SMARTS) is 2. The minimum absolute atomic E-state index is 0.0635. The number of carbonyl (C=O) groups is 5. The highest BCUT2D eigenvalue weighted by Crippen LogP contribution is 2.04.